The molecule has 3 aliphatic rings. The van der Waals surface area contributed by atoms with Crippen molar-refractivity contribution in [2.24, 2.45) is 23.7 Å². The van der Waals surface area contributed by atoms with Gasteiger partial charge in [0, 0.05) is 12.3 Å². The van der Waals surface area contributed by atoms with Crippen LogP contribution in [0.4, 0.5) is 0 Å². The number of ketones is 1. The van der Waals surface area contributed by atoms with Gasteiger partial charge in [-0.25, -0.2) is 0 Å². The van der Waals surface area contributed by atoms with E-state index in [0.29, 0.717) is 11.7 Å². The standard InChI is InChI=1S/C12H16O/c13-12-7-10-5-8(10)3-1-2-4-9-6-11(9)12/h1-2,8-11H,3-7H2/b2-1+. The van der Waals surface area contributed by atoms with E-state index in [1.165, 1.54) is 19.3 Å². The second kappa shape index (κ2) is 2.70. The lowest BCUT2D eigenvalue weighted by Crippen LogP contribution is -2.04. The SMILES string of the molecule is O=C1CC2CC2C/C=C/CC2CC12. The summed E-state index contributed by atoms with van der Waals surface area (Å²) >= 11 is 0. The van der Waals surface area contributed by atoms with Crippen molar-refractivity contribution in [2.45, 2.75) is 32.1 Å². The highest BCUT2D eigenvalue weighted by Crippen LogP contribution is 2.50. The quantitative estimate of drug-likeness (QED) is 0.518. The third-order valence-corrected chi connectivity index (χ3v) is 3.91. The minimum absolute atomic E-state index is 0.462. The highest BCUT2D eigenvalue weighted by Gasteiger charge is 2.46. The molecule has 0 bridgehead atoms. The summed E-state index contributed by atoms with van der Waals surface area (Å²) in [4.78, 5) is 11.7. The van der Waals surface area contributed by atoms with Gasteiger partial charge in [0.15, 0.2) is 0 Å². The van der Waals surface area contributed by atoms with Gasteiger partial charge in [-0.2, -0.15) is 0 Å². The maximum atomic E-state index is 11.7. The molecular weight excluding hydrogens is 160 g/mol. The van der Waals surface area contributed by atoms with Crippen LogP contribution in [0.2, 0.25) is 0 Å². The Balaban J connectivity index is 1.72. The second-order valence-electron chi connectivity index (χ2n) is 4.97. The molecule has 4 unspecified atom stereocenters. The fourth-order valence-corrected chi connectivity index (χ4v) is 2.70. The fourth-order valence-electron chi connectivity index (χ4n) is 2.70. The molecule has 0 radical (unpaired) electrons. The number of hydrogen-bond donors (Lipinski definition) is 0. The van der Waals surface area contributed by atoms with E-state index >= 15 is 0 Å². The Kier molecular flexibility index (Phi) is 1.61. The van der Waals surface area contributed by atoms with Crippen LogP contribution in [-0.4, -0.2) is 5.78 Å². The molecule has 3 rings (SSSR count). The Hall–Kier alpha value is -0.590. The third kappa shape index (κ3) is 1.45. The van der Waals surface area contributed by atoms with E-state index in [1.807, 2.05) is 0 Å². The number of hydrogen-bond acceptors (Lipinski definition) is 1. The fraction of sp³-hybridized carbons (Fsp3) is 0.750. The van der Waals surface area contributed by atoms with Crippen LogP contribution >= 0.6 is 0 Å². The highest BCUT2D eigenvalue weighted by atomic mass is 16.1. The second-order valence-corrected chi connectivity index (χ2v) is 4.97. The van der Waals surface area contributed by atoms with Crippen LogP contribution in [0.3, 0.4) is 0 Å². The van der Waals surface area contributed by atoms with Crippen LogP contribution in [0.15, 0.2) is 12.2 Å². The van der Waals surface area contributed by atoms with E-state index in [1.54, 1.807) is 0 Å². The lowest BCUT2D eigenvalue weighted by molar-refractivity contribution is -0.120. The topological polar surface area (TPSA) is 17.1 Å². The Bertz CT molecular complexity index is 266. The molecule has 1 nitrogen and oxygen atoms in total. The van der Waals surface area contributed by atoms with E-state index in [0.717, 1.165) is 30.6 Å². The number of carbonyl (C=O) groups excluding carboxylic acids is 1. The van der Waals surface area contributed by atoms with Crippen LogP contribution in [0.1, 0.15) is 32.1 Å². The van der Waals surface area contributed by atoms with Gasteiger partial charge in [-0.3, -0.25) is 4.79 Å². The summed E-state index contributed by atoms with van der Waals surface area (Å²) in [5.41, 5.74) is 0. The average Bonchev–Trinajstić information content (AvgIpc) is 2.93. The average molecular weight is 176 g/mol. The van der Waals surface area contributed by atoms with Gasteiger partial charge in [0.2, 0.25) is 0 Å². The monoisotopic (exact) mass is 176 g/mol. The number of rotatable bonds is 0. The minimum Gasteiger partial charge on any atom is -0.299 e. The van der Waals surface area contributed by atoms with Gasteiger partial charge in [0.05, 0.1) is 0 Å². The minimum atomic E-state index is 0.462. The molecule has 0 amide bonds. The lowest BCUT2D eigenvalue weighted by Gasteiger charge is -2.00. The summed E-state index contributed by atoms with van der Waals surface area (Å²) in [5.74, 6) is 3.38. The predicted molar refractivity (Wildman–Crippen MR) is 51.2 cm³/mol. The summed E-state index contributed by atoms with van der Waals surface area (Å²) in [6.45, 7) is 0. The smallest absolute Gasteiger partial charge is 0.136 e. The number of carbonyl (C=O) groups is 1. The molecular formula is C12H16O. The molecule has 2 saturated carbocycles. The zero-order valence-corrected chi connectivity index (χ0v) is 7.91. The van der Waals surface area contributed by atoms with Crippen LogP contribution in [0, 0.1) is 23.7 Å². The molecule has 3 aliphatic carbocycles. The van der Waals surface area contributed by atoms with Crippen LogP contribution in [-0.2, 0) is 4.79 Å². The molecule has 0 saturated heterocycles. The van der Waals surface area contributed by atoms with Crippen LogP contribution in [0.5, 0.6) is 0 Å². The molecule has 13 heavy (non-hydrogen) atoms. The van der Waals surface area contributed by atoms with Gasteiger partial charge in [-0.1, -0.05) is 12.2 Å². The number of allylic oxidation sites excluding steroid dienone is 2. The van der Waals surface area contributed by atoms with Gasteiger partial charge in [0.25, 0.3) is 0 Å². The molecule has 70 valence electrons. The van der Waals surface area contributed by atoms with Gasteiger partial charge in [0.1, 0.15) is 5.78 Å². The molecule has 0 aliphatic heterocycles. The summed E-state index contributed by atoms with van der Waals surface area (Å²) in [6, 6.07) is 0. The van der Waals surface area contributed by atoms with Crippen LogP contribution in [0.25, 0.3) is 0 Å². The number of Topliss-reactive ketones (excluding diaryl/α,β-unsaturated/α-hetero) is 1. The summed E-state index contributed by atoms with van der Waals surface area (Å²) < 4.78 is 0. The van der Waals surface area contributed by atoms with Gasteiger partial charge < -0.3 is 0 Å². The first-order valence-corrected chi connectivity index (χ1v) is 5.52. The van der Waals surface area contributed by atoms with Crippen molar-refractivity contribution in [3.05, 3.63) is 12.2 Å². The Labute approximate surface area is 79.2 Å². The Morgan fingerprint density at radius 2 is 1.77 bits per heavy atom. The maximum absolute atomic E-state index is 11.7. The first-order valence-electron chi connectivity index (χ1n) is 5.52. The number of fused-ring (bicyclic) bond motifs is 2. The van der Waals surface area contributed by atoms with Crippen molar-refractivity contribution in [2.75, 3.05) is 0 Å². The molecule has 0 spiro atoms. The molecule has 0 aromatic carbocycles. The highest BCUT2D eigenvalue weighted by molar-refractivity contribution is 5.84. The zero-order valence-electron chi connectivity index (χ0n) is 7.91. The normalized spacial score (nSPS) is 50.3. The van der Waals surface area contributed by atoms with E-state index in [4.69, 9.17) is 0 Å². The third-order valence-electron chi connectivity index (χ3n) is 3.91. The molecule has 0 heterocycles. The molecule has 0 aromatic rings. The van der Waals surface area contributed by atoms with Crippen molar-refractivity contribution < 1.29 is 4.79 Å². The lowest BCUT2D eigenvalue weighted by atomic mass is 10.0. The molecule has 1 heteroatoms. The molecule has 0 aromatic heterocycles. The summed E-state index contributed by atoms with van der Waals surface area (Å²) in [6.07, 6.45) is 10.4. The van der Waals surface area contributed by atoms with Crippen molar-refractivity contribution in [3.63, 3.8) is 0 Å². The van der Waals surface area contributed by atoms with E-state index in [9.17, 15) is 4.79 Å². The van der Waals surface area contributed by atoms with E-state index < -0.39 is 0 Å². The summed E-state index contributed by atoms with van der Waals surface area (Å²) in [7, 11) is 0. The van der Waals surface area contributed by atoms with Crippen molar-refractivity contribution >= 4 is 5.78 Å². The molecule has 2 fully saturated rings. The summed E-state index contributed by atoms with van der Waals surface area (Å²) in [5, 5.41) is 0. The van der Waals surface area contributed by atoms with E-state index in [2.05, 4.69) is 12.2 Å². The zero-order chi connectivity index (χ0) is 8.84. The maximum Gasteiger partial charge on any atom is 0.136 e. The molecule has 0 N–H and O–H groups in total. The van der Waals surface area contributed by atoms with Crippen molar-refractivity contribution in [3.8, 4) is 0 Å². The van der Waals surface area contributed by atoms with Gasteiger partial charge in [-0.15, -0.1) is 0 Å². The first-order chi connectivity index (χ1) is 6.34. The first kappa shape index (κ1) is 7.78. The predicted octanol–water partition coefficient (Wildman–Crippen LogP) is 2.57. The van der Waals surface area contributed by atoms with Crippen molar-refractivity contribution in [1.29, 1.82) is 0 Å². The van der Waals surface area contributed by atoms with Gasteiger partial charge >= 0.3 is 0 Å². The largest absolute Gasteiger partial charge is 0.299 e. The van der Waals surface area contributed by atoms with E-state index in [-0.39, 0.29) is 0 Å². The van der Waals surface area contributed by atoms with Crippen molar-refractivity contribution in [1.82, 2.24) is 0 Å². The Morgan fingerprint density at radius 3 is 2.62 bits per heavy atom. The molecule has 4 atom stereocenters. The Morgan fingerprint density at radius 1 is 1.00 bits per heavy atom. The van der Waals surface area contributed by atoms with Crippen LogP contribution < -0.4 is 0 Å². The van der Waals surface area contributed by atoms with Gasteiger partial charge in [-0.05, 0) is 43.4 Å².